The van der Waals surface area contributed by atoms with E-state index in [1.807, 2.05) is 6.92 Å². The van der Waals surface area contributed by atoms with Gasteiger partial charge in [-0.3, -0.25) is 4.79 Å². The Bertz CT molecular complexity index is 315. The molecule has 0 amide bonds. The standard InChI is InChI=1S/C18H33NO2/c1-3-5-13-19-14-11-18(12-15-19,21-17(20)4-2)16-9-7-6-8-10-16/h16H,3-15H2,1-2H3. The van der Waals surface area contributed by atoms with Crippen molar-refractivity contribution in [3.8, 4) is 0 Å². The molecule has 3 nitrogen and oxygen atoms in total. The maximum Gasteiger partial charge on any atom is 0.306 e. The van der Waals surface area contributed by atoms with Crippen LogP contribution in [-0.2, 0) is 9.53 Å². The third-order valence-electron chi connectivity index (χ3n) is 5.49. The van der Waals surface area contributed by atoms with Crippen LogP contribution in [0.2, 0.25) is 0 Å². The number of unbranched alkanes of at least 4 members (excludes halogenated alkanes) is 1. The van der Waals surface area contributed by atoms with Crippen molar-refractivity contribution in [1.29, 1.82) is 0 Å². The van der Waals surface area contributed by atoms with Gasteiger partial charge in [-0.1, -0.05) is 39.5 Å². The molecular weight excluding hydrogens is 262 g/mol. The molecule has 2 fully saturated rings. The zero-order chi connectivity index (χ0) is 15.1. The van der Waals surface area contributed by atoms with Crippen molar-refractivity contribution >= 4 is 5.97 Å². The van der Waals surface area contributed by atoms with E-state index in [0.717, 1.165) is 25.9 Å². The highest BCUT2D eigenvalue weighted by Crippen LogP contribution is 2.42. The molecule has 0 atom stereocenters. The van der Waals surface area contributed by atoms with Gasteiger partial charge in [-0.25, -0.2) is 0 Å². The normalized spacial score (nSPS) is 23.9. The Balaban J connectivity index is 1.98. The van der Waals surface area contributed by atoms with Crippen molar-refractivity contribution in [3.05, 3.63) is 0 Å². The van der Waals surface area contributed by atoms with Gasteiger partial charge in [-0.15, -0.1) is 0 Å². The second-order valence-corrected chi connectivity index (χ2v) is 6.92. The summed E-state index contributed by atoms with van der Waals surface area (Å²) in [6.45, 7) is 7.58. The Morgan fingerprint density at radius 2 is 1.81 bits per heavy atom. The Kier molecular flexibility index (Phi) is 6.53. The van der Waals surface area contributed by atoms with Gasteiger partial charge in [0, 0.05) is 32.4 Å². The van der Waals surface area contributed by atoms with E-state index in [-0.39, 0.29) is 11.6 Å². The Morgan fingerprint density at radius 3 is 2.38 bits per heavy atom. The van der Waals surface area contributed by atoms with Gasteiger partial charge in [0.05, 0.1) is 0 Å². The molecule has 2 aliphatic rings. The van der Waals surface area contributed by atoms with Gasteiger partial charge in [0.15, 0.2) is 0 Å². The van der Waals surface area contributed by atoms with Crippen molar-refractivity contribution in [2.45, 2.75) is 83.7 Å². The molecule has 3 heteroatoms. The van der Waals surface area contributed by atoms with E-state index in [1.165, 1.54) is 51.5 Å². The van der Waals surface area contributed by atoms with Crippen LogP contribution in [0.5, 0.6) is 0 Å². The average molecular weight is 295 g/mol. The van der Waals surface area contributed by atoms with Crippen molar-refractivity contribution in [3.63, 3.8) is 0 Å². The molecular formula is C18H33NO2. The number of esters is 1. The van der Waals surface area contributed by atoms with Crippen molar-refractivity contribution in [2.75, 3.05) is 19.6 Å². The van der Waals surface area contributed by atoms with E-state index in [4.69, 9.17) is 4.74 Å². The number of likely N-dealkylation sites (tertiary alicyclic amines) is 1. The highest BCUT2D eigenvalue weighted by atomic mass is 16.6. The quantitative estimate of drug-likeness (QED) is 0.689. The topological polar surface area (TPSA) is 29.5 Å². The summed E-state index contributed by atoms with van der Waals surface area (Å²) in [5.74, 6) is 0.609. The van der Waals surface area contributed by atoms with E-state index in [1.54, 1.807) is 0 Å². The molecule has 1 saturated heterocycles. The minimum atomic E-state index is -0.143. The molecule has 21 heavy (non-hydrogen) atoms. The maximum absolute atomic E-state index is 11.9. The molecule has 0 radical (unpaired) electrons. The first kappa shape index (κ1) is 16.8. The van der Waals surface area contributed by atoms with Crippen LogP contribution in [0.15, 0.2) is 0 Å². The summed E-state index contributed by atoms with van der Waals surface area (Å²) in [6.07, 6.45) is 11.6. The van der Waals surface area contributed by atoms with E-state index in [9.17, 15) is 4.79 Å². The second kappa shape index (κ2) is 8.17. The van der Waals surface area contributed by atoms with Crippen molar-refractivity contribution in [1.82, 2.24) is 4.90 Å². The molecule has 0 aromatic heterocycles. The predicted molar refractivity (Wildman–Crippen MR) is 86.3 cm³/mol. The van der Waals surface area contributed by atoms with Crippen LogP contribution in [0.3, 0.4) is 0 Å². The molecule has 0 aromatic carbocycles. The molecule has 1 aliphatic carbocycles. The molecule has 0 unspecified atom stereocenters. The number of piperidine rings is 1. The summed E-state index contributed by atoms with van der Waals surface area (Å²) in [4.78, 5) is 14.5. The first-order valence-corrected chi connectivity index (χ1v) is 9.14. The summed E-state index contributed by atoms with van der Waals surface area (Å²) in [5.41, 5.74) is -0.143. The van der Waals surface area contributed by atoms with Crippen LogP contribution in [0.1, 0.15) is 78.1 Å². The van der Waals surface area contributed by atoms with Gasteiger partial charge in [-0.05, 0) is 31.7 Å². The number of rotatable bonds is 6. The summed E-state index contributed by atoms with van der Waals surface area (Å²) < 4.78 is 6.05. The fourth-order valence-electron chi connectivity index (χ4n) is 4.06. The van der Waals surface area contributed by atoms with Crippen LogP contribution in [-0.4, -0.2) is 36.1 Å². The highest BCUT2D eigenvalue weighted by Gasteiger charge is 2.44. The molecule has 0 spiro atoms. The molecule has 0 bridgehead atoms. The summed E-state index contributed by atoms with van der Waals surface area (Å²) >= 11 is 0. The third-order valence-corrected chi connectivity index (χ3v) is 5.49. The molecule has 122 valence electrons. The Morgan fingerprint density at radius 1 is 1.14 bits per heavy atom. The molecule has 1 aliphatic heterocycles. The number of hydrogen-bond donors (Lipinski definition) is 0. The summed E-state index contributed by atoms with van der Waals surface area (Å²) in [5, 5.41) is 0. The van der Waals surface area contributed by atoms with E-state index in [0.29, 0.717) is 12.3 Å². The average Bonchev–Trinajstić information content (AvgIpc) is 2.55. The summed E-state index contributed by atoms with van der Waals surface area (Å²) in [6, 6.07) is 0. The Labute approximate surface area is 130 Å². The van der Waals surface area contributed by atoms with Crippen LogP contribution in [0.25, 0.3) is 0 Å². The minimum absolute atomic E-state index is 0.00239. The smallest absolute Gasteiger partial charge is 0.306 e. The van der Waals surface area contributed by atoms with E-state index in [2.05, 4.69) is 11.8 Å². The highest BCUT2D eigenvalue weighted by molar-refractivity contribution is 5.69. The van der Waals surface area contributed by atoms with Gasteiger partial charge in [0.2, 0.25) is 0 Å². The molecule has 1 heterocycles. The summed E-state index contributed by atoms with van der Waals surface area (Å²) in [7, 11) is 0. The first-order valence-electron chi connectivity index (χ1n) is 9.14. The van der Waals surface area contributed by atoms with Crippen LogP contribution >= 0.6 is 0 Å². The van der Waals surface area contributed by atoms with Gasteiger partial charge in [0.1, 0.15) is 5.60 Å². The number of carbonyl (C=O) groups excluding carboxylic acids is 1. The number of ether oxygens (including phenoxy) is 1. The van der Waals surface area contributed by atoms with Crippen LogP contribution < -0.4 is 0 Å². The predicted octanol–water partition coefficient (Wildman–Crippen LogP) is 4.15. The first-order chi connectivity index (χ1) is 10.2. The van der Waals surface area contributed by atoms with Gasteiger partial charge < -0.3 is 9.64 Å². The number of hydrogen-bond acceptors (Lipinski definition) is 3. The SMILES string of the molecule is CCCCN1CCC(OC(=O)CC)(C2CCCCC2)CC1. The molecule has 0 aromatic rings. The zero-order valence-electron chi connectivity index (χ0n) is 14.0. The van der Waals surface area contributed by atoms with Gasteiger partial charge in [-0.2, -0.15) is 0 Å². The van der Waals surface area contributed by atoms with Crippen molar-refractivity contribution in [2.24, 2.45) is 5.92 Å². The Hall–Kier alpha value is -0.570. The molecule has 1 saturated carbocycles. The second-order valence-electron chi connectivity index (χ2n) is 6.92. The lowest BCUT2D eigenvalue weighted by molar-refractivity contribution is -0.175. The lowest BCUT2D eigenvalue weighted by Crippen LogP contribution is -2.52. The lowest BCUT2D eigenvalue weighted by atomic mass is 9.72. The van der Waals surface area contributed by atoms with Crippen molar-refractivity contribution < 1.29 is 9.53 Å². The lowest BCUT2D eigenvalue weighted by Gasteiger charge is -2.47. The molecule has 0 N–H and O–H groups in total. The fraction of sp³-hybridized carbons (Fsp3) is 0.944. The molecule has 2 rings (SSSR count). The van der Waals surface area contributed by atoms with E-state index >= 15 is 0 Å². The maximum atomic E-state index is 11.9. The minimum Gasteiger partial charge on any atom is -0.459 e. The van der Waals surface area contributed by atoms with E-state index < -0.39 is 0 Å². The van der Waals surface area contributed by atoms with Crippen LogP contribution in [0.4, 0.5) is 0 Å². The largest absolute Gasteiger partial charge is 0.459 e. The van der Waals surface area contributed by atoms with Gasteiger partial charge in [0.25, 0.3) is 0 Å². The fourth-order valence-corrected chi connectivity index (χ4v) is 4.06. The van der Waals surface area contributed by atoms with Gasteiger partial charge >= 0.3 is 5.97 Å². The third kappa shape index (κ3) is 4.45. The van der Waals surface area contributed by atoms with Crippen LogP contribution in [0, 0.1) is 5.92 Å². The zero-order valence-corrected chi connectivity index (χ0v) is 14.0. The number of carbonyl (C=O) groups is 1. The number of nitrogens with zero attached hydrogens (tertiary/aromatic N) is 1. The monoisotopic (exact) mass is 295 g/mol.